The van der Waals surface area contributed by atoms with Crippen LogP contribution >= 0.6 is 0 Å². The van der Waals surface area contributed by atoms with E-state index in [1.807, 2.05) is 37.3 Å². The van der Waals surface area contributed by atoms with E-state index in [4.69, 9.17) is 4.74 Å². The fourth-order valence-electron chi connectivity index (χ4n) is 2.66. The molecule has 0 saturated carbocycles. The van der Waals surface area contributed by atoms with Gasteiger partial charge in [0.25, 0.3) is 0 Å². The summed E-state index contributed by atoms with van der Waals surface area (Å²) in [5, 5.41) is 9.53. The number of carbonyl (C=O) groups excluding carboxylic acids is 1. The molecule has 0 radical (unpaired) electrons. The summed E-state index contributed by atoms with van der Waals surface area (Å²) in [6.07, 6.45) is 0. The molecule has 26 heavy (non-hydrogen) atoms. The number of ether oxygens (including phenoxy) is 1. The van der Waals surface area contributed by atoms with E-state index in [0.29, 0.717) is 28.6 Å². The Morgan fingerprint density at radius 2 is 1.73 bits per heavy atom. The van der Waals surface area contributed by atoms with Gasteiger partial charge in [-0.3, -0.25) is 4.79 Å². The van der Waals surface area contributed by atoms with Crippen LogP contribution in [0.4, 0.5) is 0 Å². The molecule has 5 heteroatoms. The Labute approximate surface area is 151 Å². The molecule has 0 fully saturated rings. The Balaban J connectivity index is 1.89. The zero-order chi connectivity index (χ0) is 18.5. The third kappa shape index (κ3) is 3.93. The van der Waals surface area contributed by atoms with E-state index < -0.39 is 5.92 Å². The van der Waals surface area contributed by atoms with Crippen LogP contribution in [-0.2, 0) is 0 Å². The number of aromatic nitrogens is 2. The fourth-order valence-corrected chi connectivity index (χ4v) is 2.66. The topological polar surface area (TPSA) is 75.9 Å². The number of carbonyl (C=O) groups is 1. The van der Waals surface area contributed by atoms with Gasteiger partial charge in [-0.1, -0.05) is 30.3 Å². The number of hydrogen-bond donors (Lipinski definition) is 0. The number of aryl methyl sites for hydroxylation is 2. The summed E-state index contributed by atoms with van der Waals surface area (Å²) in [4.78, 5) is 21.3. The van der Waals surface area contributed by atoms with Crippen molar-refractivity contribution in [1.29, 1.82) is 5.26 Å². The monoisotopic (exact) mass is 343 g/mol. The van der Waals surface area contributed by atoms with Crippen molar-refractivity contribution >= 4 is 5.78 Å². The second-order valence-corrected chi connectivity index (χ2v) is 5.85. The van der Waals surface area contributed by atoms with Crippen LogP contribution in [0.1, 0.15) is 33.5 Å². The zero-order valence-corrected chi connectivity index (χ0v) is 14.5. The maximum Gasteiger partial charge on any atom is 0.186 e. The third-order valence-corrected chi connectivity index (χ3v) is 3.77. The lowest BCUT2D eigenvalue weighted by molar-refractivity contribution is 0.0977. The Morgan fingerprint density at radius 1 is 1.00 bits per heavy atom. The Morgan fingerprint density at radius 3 is 2.42 bits per heavy atom. The van der Waals surface area contributed by atoms with E-state index in [-0.39, 0.29) is 5.78 Å². The Bertz CT molecular complexity index is 958. The first-order valence-electron chi connectivity index (χ1n) is 8.16. The highest BCUT2D eigenvalue weighted by Crippen LogP contribution is 2.25. The lowest BCUT2D eigenvalue weighted by Gasteiger charge is -2.11. The quantitative estimate of drug-likeness (QED) is 0.643. The summed E-state index contributed by atoms with van der Waals surface area (Å²) in [6.45, 7) is 3.55. The van der Waals surface area contributed by atoms with Gasteiger partial charge in [0, 0.05) is 11.3 Å². The van der Waals surface area contributed by atoms with Crippen LogP contribution in [0.15, 0.2) is 60.7 Å². The number of ketones is 1. The molecule has 5 nitrogen and oxygen atoms in total. The number of benzene rings is 2. The lowest BCUT2D eigenvalue weighted by atomic mass is 9.95. The predicted octanol–water partition coefficient (Wildman–Crippen LogP) is 4.38. The van der Waals surface area contributed by atoms with Gasteiger partial charge < -0.3 is 4.74 Å². The van der Waals surface area contributed by atoms with Crippen molar-refractivity contribution in [3.8, 4) is 17.6 Å². The molecule has 1 heterocycles. The Kier molecular flexibility index (Phi) is 5.04. The maximum absolute atomic E-state index is 12.9. The van der Waals surface area contributed by atoms with Gasteiger partial charge in [-0.25, -0.2) is 9.97 Å². The third-order valence-electron chi connectivity index (χ3n) is 3.77. The summed E-state index contributed by atoms with van der Waals surface area (Å²) >= 11 is 0. The Hall–Kier alpha value is -3.52. The highest BCUT2D eigenvalue weighted by Gasteiger charge is 2.24. The molecule has 1 atom stereocenters. The summed E-state index contributed by atoms with van der Waals surface area (Å²) in [6, 6.07) is 19.8. The van der Waals surface area contributed by atoms with Gasteiger partial charge in [-0.2, -0.15) is 5.26 Å². The van der Waals surface area contributed by atoms with Gasteiger partial charge in [-0.05, 0) is 44.2 Å². The summed E-state index contributed by atoms with van der Waals surface area (Å²) in [7, 11) is 0. The molecule has 128 valence electrons. The minimum atomic E-state index is -0.984. The molecule has 2 aromatic carbocycles. The van der Waals surface area contributed by atoms with Crippen molar-refractivity contribution in [2.75, 3.05) is 0 Å². The molecular weight excluding hydrogens is 326 g/mol. The zero-order valence-electron chi connectivity index (χ0n) is 14.5. The van der Waals surface area contributed by atoms with Crippen molar-refractivity contribution in [3.63, 3.8) is 0 Å². The lowest BCUT2D eigenvalue weighted by Crippen LogP contribution is -2.14. The largest absolute Gasteiger partial charge is 0.457 e. The number of hydrogen-bond acceptors (Lipinski definition) is 5. The smallest absolute Gasteiger partial charge is 0.186 e. The van der Waals surface area contributed by atoms with Crippen LogP contribution in [0.2, 0.25) is 0 Å². The van der Waals surface area contributed by atoms with Gasteiger partial charge >= 0.3 is 0 Å². The molecule has 0 aliphatic heterocycles. The molecule has 0 aliphatic rings. The number of para-hydroxylation sites is 1. The standard InChI is InChI=1S/C21H17N3O2/c1-14-11-20(24-15(2)23-14)19(13-22)21(25)16-7-6-10-18(12-16)26-17-8-4-3-5-9-17/h3-12,19H,1-2H3/t19-/m0/s1. The van der Waals surface area contributed by atoms with Crippen LogP contribution in [-0.4, -0.2) is 15.8 Å². The molecule has 3 aromatic rings. The van der Waals surface area contributed by atoms with Crippen LogP contribution in [0.3, 0.4) is 0 Å². The van der Waals surface area contributed by atoms with E-state index >= 15 is 0 Å². The SMILES string of the molecule is Cc1cc([C@H](C#N)C(=O)c2cccc(Oc3ccccc3)c2)nc(C)n1. The summed E-state index contributed by atoms with van der Waals surface area (Å²) in [5.41, 5.74) is 1.54. The number of Topliss-reactive ketones (excluding diaryl/α,β-unsaturated/α-hetero) is 1. The molecular formula is C21H17N3O2. The van der Waals surface area contributed by atoms with E-state index in [1.165, 1.54) is 0 Å². The molecule has 0 bridgehead atoms. The van der Waals surface area contributed by atoms with Crippen LogP contribution < -0.4 is 4.74 Å². The first-order chi connectivity index (χ1) is 12.6. The van der Waals surface area contributed by atoms with Gasteiger partial charge in [0.05, 0.1) is 11.8 Å². The first kappa shape index (κ1) is 17.3. The van der Waals surface area contributed by atoms with Crippen LogP contribution in [0, 0.1) is 25.2 Å². The molecule has 0 saturated heterocycles. The minimum Gasteiger partial charge on any atom is -0.457 e. The van der Waals surface area contributed by atoms with E-state index in [9.17, 15) is 10.1 Å². The fraction of sp³-hybridized carbons (Fsp3) is 0.143. The van der Waals surface area contributed by atoms with Crippen molar-refractivity contribution in [3.05, 3.63) is 83.4 Å². The molecule has 0 spiro atoms. The normalized spacial score (nSPS) is 11.4. The van der Waals surface area contributed by atoms with Crippen molar-refractivity contribution < 1.29 is 9.53 Å². The van der Waals surface area contributed by atoms with E-state index in [1.54, 1.807) is 37.3 Å². The van der Waals surface area contributed by atoms with Crippen molar-refractivity contribution in [2.24, 2.45) is 0 Å². The summed E-state index contributed by atoms with van der Waals surface area (Å²) < 4.78 is 5.77. The first-order valence-corrected chi connectivity index (χ1v) is 8.16. The van der Waals surface area contributed by atoms with Gasteiger partial charge in [-0.15, -0.1) is 0 Å². The average Bonchev–Trinajstić information content (AvgIpc) is 2.62. The maximum atomic E-state index is 12.9. The van der Waals surface area contributed by atoms with Gasteiger partial charge in [0.15, 0.2) is 11.7 Å². The number of rotatable bonds is 5. The molecule has 0 unspecified atom stereocenters. The van der Waals surface area contributed by atoms with Gasteiger partial charge in [0.1, 0.15) is 17.3 Å². The van der Waals surface area contributed by atoms with Crippen LogP contribution in [0.25, 0.3) is 0 Å². The molecule has 0 aliphatic carbocycles. The molecule has 0 amide bonds. The van der Waals surface area contributed by atoms with Crippen molar-refractivity contribution in [2.45, 2.75) is 19.8 Å². The second kappa shape index (κ2) is 7.58. The average molecular weight is 343 g/mol. The van der Waals surface area contributed by atoms with Gasteiger partial charge in [0.2, 0.25) is 0 Å². The van der Waals surface area contributed by atoms with Crippen molar-refractivity contribution in [1.82, 2.24) is 9.97 Å². The highest BCUT2D eigenvalue weighted by molar-refractivity contribution is 6.02. The van der Waals surface area contributed by atoms with E-state index in [0.717, 1.165) is 5.69 Å². The minimum absolute atomic E-state index is 0.316. The number of nitrogens with zero attached hydrogens (tertiary/aromatic N) is 3. The summed E-state index contributed by atoms with van der Waals surface area (Å²) in [5.74, 6) is 0.449. The highest BCUT2D eigenvalue weighted by atomic mass is 16.5. The molecule has 0 N–H and O–H groups in total. The number of nitriles is 1. The molecule has 1 aromatic heterocycles. The predicted molar refractivity (Wildman–Crippen MR) is 97.1 cm³/mol. The second-order valence-electron chi connectivity index (χ2n) is 5.85. The van der Waals surface area contributed by atoms with E-state index in [2.05, 4.69) is 16.0 Å². The molecule has 3 rings (SSSR count). The van der Waals surface area contributed by atoms with Crippen LogP contribution in [0.5, 0.6) is 11.5 Å².